The van der Waals surface area contributed by atoms with Crippen molar-refractivity contribution in [3.63, 3.8) is 0 Å². The van der Waals surface area contributed by atoms with Crippen LogP contribution in [0.4, 0.5) is 0 Å². The van der Waals surface area contributed by atoms with Crippen LogP contribution in [-0.4, -0.2) is 33.0 Å². The number of hydrogen-bond acceptors (Lipinski definition) is 5. The molecule has 1 aliphatic carbocycles. The molecule has 3 rings (SSSR count). The van der Waals surface area contributed by atoms with E-state index in [0.29, 0.717) is 23.8 Å². The van der Waals surface area contributed by atoms with Gasteiger partial charge in [0.15, 0.2) is 5.82 Å². The fourth-order valence-electron chi connectivity index (χ4n) is 2.70. The lowest BCUT2D eigenvalue weighted by atomic mass is 9.95. The van der Waals surface area contributed by atoms with Crippen LogP contribution in [0.25, 0.3) is 0 Å². The van der Waals surface area contributed by atoms with Crippen LogP contribution in [0.1, 0.15) is 53.1 Å². The van der Waals surface area contributed by atoms with Gasteiger partial charge in [-0.05, 0) is 37.3 Å². The Balaban J connectivity index is 1.72. The van der Waals surface area contributed by atoms with E-state index in [1.54, 1.807) is 18.1 Å². The minimum atomic E-state index is -0.0721. The Labute approximate surface area is 129 Å². The molecule has 116 valence electrons. The van der Waals surface area contributed by atoms with Gasteiger partial charge in [-0.25, -0.2) is 0 Å². The summed E-state index contributed by atoms with van der Waals surface area (Å²) < 4.78 is 5.13. The third-order valence-corrected chi connectivity index (χ3v) is 3.96. The topological polar surface area (TPSA) is 72.1 Å². The van der Waals surface area contributed by atoms with E-state index in [1.807, 2.05) is 13.0 Å². The summed E-state index contributed by atoms with van der Waals surface area (Å²) in [5.74, 6) is 1.04. The van der Waals surface area contributed by atoms with Crippen molar-refractivity contribution in [1.82, 2.24) is 20.0 Å². The standard InChI is InChI=1S/C16H20N4O2/c1-3-14-18-15(22-19-14)10-20(2)16(21)12-8-11-6-4-5-7-13(11)17-9-12/h8-9H,3-7,10H2,1-2H3. The molecule has 0 unspecified atom stereocenters. The number of rotatable bonds is 4. The number of fused-ring (bicyclic) bond motifs is 1. The number of amides is 1. The summed E-state index contributed by atoms with van der Waals surface area (Å²) in [4.78, 5) is 22.8. The zero-order valence-corrected chi connectivity index (χ0v) is 13.0. The van der Waals surface area contributed by atoms with Crippen LogP contribution in [0.3, 0.4) is 0 Å². The van der Waals surface area contributed by atoms with Crippen molar-refractivity contribution in [2.24, 2.45) is 0 Å². The number of nitrogens with zero attached hydrogens (tertiary/aromatic N) is 4. The number of aromatic nitrogens is 3. The van der Waals surface area contributed by atoms with Crippen LogP contribution >= 0.6 is 0 Å². The van der Waals surface area contributed by atoms with Crippen LogP contribution in [-0.2, 0) is 25.8 Å². The third kappa shape index (κ3) is 3.00. The van der Waals surface area contributed by atoms with Crippen molar-refractivity contribution in [3.8, 4) is 0 Å². The maximum absolute atomic E-state index is 12.5. The molecule has 0 aliphatic heterocycles. The molecule has 0 N–H and O–H groups in total. The average Bonchev–Trinajstić information content (AvgIpc) is 3.01. The first kappa shape index (κ1) is 14.7. The van der Waals surface area contributed by atoms with E-state index in [1.165, 1.54) is 18.4 Å². The molecule has 0 bridgehead atoms. The Morgan fingerprint density at radius 3 is 2.95 bits per heavy atom. The fourth-order valence-corrected chi connectivity index (χ4v) is 2.70. The van der Waals surface area contributed by atoms with Gasteiger partial charge in [0, 0.05) is 25.4 Å². The molecule has 0 saturated carbocycles. The van der Waals surface area contributed by atoms with Gasteiger partial charge in [-0.3, -0.25) is 9.78 Å². The van der Waals surface area contributed by atoms with Crippen molar-refractivity contribution >= 4 is 5.91 Å². The molecule has 0 fully saturated rings. The minimum Gasteiger partial charge on any atom is -0.337 e. The fraction of sp³-hybridized carbons (Fsp3) is 0.500. The summed E-state index contributed by atoms with van der Waals surface area (Å²) in [5.41, 5.74) is 2.96. The van der Waals surface area contributed by atoms with Crippen LogP contribution in [0.5, 0.6) is 0 Å². The molecule has 1 amide bonds. The average molecular weight is 300 g/mol. The minimum absolute atomic E-state index is 0.0721. The van der Waals surface area contributed by atoms with Gasteiger partial charge in [0.05, 0.1) is 12.1 Å². The molecule has 0 aromatic carbocycles. The molecule has 6 heteroatoms. The van der Waals surface area contributed by atoms with E-state index >= 15 is 0 Å². The van der Waals surface area contributed by atoms with Gasteiger partial charge in [0.2, 0.25) is 5.89 Å². The highest BCUT2D eigenvalue weighted by Gasteiger charge is 2.18. The highest BCUT2D eigenvalue weighted by molar-refractivity contribution is 5.93. The summed E-state index contributed by atoms with van der Waals surface area (Å²) in [7, 11) is 1.73. The van der Waals surface area contributed by atoms with Crippen molar-refractivity contribution in [2.45, 2.75) is 45.6 Å². The molecule has 2 heterocycles. The highest BCUT2D eigenvalue weighted by Crippen LogP contribution is 2.20. The monoisotopic (exact) mass is 300 g/mol. The Hall–Kier alpha value is -2.24. The number of carbonyl (C=O) groups excluding carboxylic acids is 1. The van der Waals surface area contributed by atoms with Crippen molar-refractivity contribution in [3.05, 3.63) is 40.8 Å². The van der Waals surface area contributed by atoms with E-state index < -0.39 is 0 Å². The lowest BCUT2D eigenvalue weighted by molar-refractivity contribution is 0.0769. The summed E-state index contributed by atoms with van der Waals surface area (Å²) in [6, 6.07) is 1.98. The van der Waals surface area contributed by atoms with Gasteiger partial charge < -0.3 is 9.42 Å². The molecular weight excluding hydrogens is 280 g/mol. The molecule has 1 aliphatic rings. The zero-order valence-electron chi connectivity index (χ0n) is 13.0. The zero-order chi connectivity index (χ0) is 15.5. The first-order valence-corrected chi connectivity index (χ1v) is 7.72. The van der Waals surface area contributed by atoms with Crippen LogP contribution in [0, 0.1) is 0 Å². The summed E-state index contributed by atoms with van der Waals surface area (Å²) >= 11 is 0. The van der Waals surface area contributed by atoms with Gasteiger partial charge in [-0.1, -0.05) is 12.1 Å². The number of aryl methyl sites for hydroxylation is 3. The first-order chi connectivity index (χ1) is 10.7. The first-order valence-electron chi connectivity index (χ1n) is 7.72. The second-order valence-electron chi connectivity index (χ2n) is 5.66. The van der Waals surface area contributed by atoms with Gasteiger partial charge >= 0.3 is 0 Å². The Bertz CT molecular complexity index is 681. The number of carbonyl (C=O) groups is 1. The van der Waals surface area contributed by atoms with Crippen LogP contribution in [0.2, 0.25) is 0 Å². The molecular formula is C16H20N4O2. The molecule has 0 radical (unpaired) electrons. The normalized spacial score (nSPS) is 13.7. The molecule has 0 saturated heterocycles. The number of hydrogen-bond donors (Lipinski definition) is 0. The molecule has 2 aromatic rings. The van der Waals surface area contributed by atoms with Gasteiger partial charge in [0.1, 0.15) is 0 Å². The quantitative estimate of drug-likeness (QED) is 0.865. The molecule has 2 aromatic heterocycles. The van der Waals surface area contributed by atoms with Gasteiger partial charge in [-0.2, -0.15) is 4.98 Å². The lowest BCUT2D eigenvalue weighted by Gasteiger charge is -2.18. The smallest absolute Gasteiger partial charge is 0.255 e. The predicted molar refractivity (Wildman–Crippen MR) is 80.4 cm³/mol. The summed E-state index contributed by atoms with van der Waals surface area (Å²) in [5, 5.41) is 3.84. The van der Waals surface area contributed by atoms with Crippen molar-refractivity contribution in [1.29, 1.82) is 0 Å². The highest BCUT2D eigenvalue weighted by atomic mass is 16.5. The second kappa shape index (κ2) is 6.25. The molecule has 0 atom stereocenters. The van der Waals surface area contributed by atoms with Gasteiger partial charge in [-0.15, -0.1) is 0 Å². The van der Waals surface area contributed by atoms with Crippen LogP contribution in [0.15, 0.2) is 16.8 Å². The van der Waals surface area contributed by atoms with E-state index in [4.69, 9.17) is 4.52 Å². The lowest BCUT2D eigenvalue weighted by Crippen LogP contribution is -2.27. The van der Waals surface area contributed by atoms with E-state index in [9.17, 15) is 4.79 Å². The van der Waals surface area contributed by atoms with E-state index in [-0.39, 0.29) is 5.91 Å². The maximum atomic E-state index is 12.5. The van der Waals surface area contributed by atoms with E-state index in [0.717, 1.165) is 25.0 Å². The Morgan fingerprint density at radius 2 is 2.18 bits per heavy atom. The summed E-state index contributed by atoms with van der Waals surface area (Å²) in [6.07, 6.45) is 6.77. The Morgan fingerprint density at radius 1 is 1.36 bits per heavy atom. The van der Waals surface area contributed by atoms with Crippen LogP contribution < -0.4 is 0 Å². The molecule has 6 nitrogen and oxygen atoms in total. The summed E-state index contributed by atoms with van der Waals surface area (Å²) in [6.45, 7) is 2.27. The third-order valence-electron chi connectivity index (χ3n) is 3.96. The number of pyridine rings is 1. The molecule has 0 spiro atoms. The largest absolute Gasteiger partial charge is 0.337 e. The maximum Gasteiger partial charge on any atom is 0.255 e. The molecule has 22 heavy (non-hydrogen) atoms. The van der Waals surface area contributed by atoms with Gasteiger partial charge in [0.25, 0.3) is 5.91 Å². The SMILES string of the molecule is CCc1noc(CN(C)C(=O)c2cnc3c(c2)CCCC3)n1. The van der Waals surface area contributed by atoms with E-state index in [2.05, 4.69) is 15.1 Å². The predicted octanol–water partition coefficient (Wildman–Crippen LogP) is 2.18. The van der Waals surface area contributed by atoms with Crippen molar-refractivity contribution in [2.75, 3.05) is 7.05 Å². The Kier molecular flexibility index (Phi) is 4.18. The second-order valence-corrected chi connectivity index (χ2v) is 5.66. The van der Waals surface area contributed by atoms with Crippen molar-refractivity contribution < 1.29 is 9.32 Å².